The van der Waals surface area contributed by atoms with Gasteiger partial charge in [0.05, 0.1) is 0 Å². The molecule has 3 aromatic rings. The van der Waals surface area contributed by atoms with E-state index in [2.05, 4.69) is 32.8 Å². The van der Waals surface area contributed by atoms with Crippen LogP contribution in [0, 0.1) is 0 Å². The number of hydrogen-bond acceptors (Lipinski definition) is 4. The van der Waals surface area contributed by atoms with Crippen molar-refractivity contribution in [1.29, 1.82) is 0 Å². The highest BCUT2D eigenvalue weighted by atomic mass is 16.3. The molecule has 5 heteroatoms. The van der Waals surface area contributed by atoms with E-state index in [4.69, 9.17) is 5.11 Å². The quantitative estimate of drug-likeness (QED) is 0.719. The molecule has 1 N–H and O–H groups in total. The van der Waals surface area contributed by atoms with Gasteiger partial charge >= 0.3 is 0 Å². The van der Waals surface area contributed by atoms with E-state index in [0.717, 1.165) is 24.3 Å². The second kappa shape index (κ2) is 7.30. The zero-order valence-electron chi connectivity index (χ0n) is 14.8. The Balaban J connectivity index is 1.60. The molecule has 0 bridgehead atoms. The standard InChI is InChI=1S/C21H23N3O2/c25-15-20(26)17-6-4-16(5-7-17)14-24-13-9-18-19(8-10-22-21(18)24)23-11-2-1-3-12-23/h4-10,13,25H,1-3,11-12,14-15H2. The summed E-state index contributed by atoms with van der Waals surface area (Å²) in [5.41, 5.74) is 3.90. The maximum absolute atomic E-state index is 11.5. The number of aliphatic hydroxyl groups is 1. The minimum absolute atomic E-state index is 0.254. The first-order valence-corrected chi connectivity index (χ1v) is 9.18. The summed E-state index contributed by atoms with van der Waals surface area (Å²) in [5, 5.41) is 10.1. The van der Waals surface area contributed by atoms with Crippen LogP contribution in [0.15, 0.2) is 48.8 Å². The molecule has 1 fully saturated rings. The number of piperidine rings is 1. The summed E-state index contributed by atoms with van der Waals surface area (Å²) in [6.07, 6.45) is 7.80. The van der Waals surface area contributed by atoms with Crippen molar-refractivity contribution in [2.45, 2.75) is 25.8 Å². The van der Waals surface area contributed by atoms with Gasteiger partial charge in [0.1, 0.15) is 12.3 Å². The third kappa shape index (κ3) is 3.22. The van der Waals surface area contributed by atoms with E-state index in [9.17, 15) is 4.79 Å². The van der Waals surface area contributed by atoms with E-state index in [1.165, 1.54) is 30.3 Å². The second-order valence-corrected chi connectivity index (χ2v) is 6.84. The number of ketones is 1. The largest absolute Gasteiger partial charge is 0.388 e. The predicted octanol–water partition coefficient (Wildman–Crippen LogP) is 3.25. The number of carbonyl (C=O) groups excluding carboxylic acids is 1. The fraction of sp³-hybridized carbons (Fsp3) is 0.333. The number of hydrogen-bond donors (Lipinski definition) is 1. The van der Waals surface area contributed by atoms with Gasteiger partial charge in [-0.25, -0.2) is 4.98 Å². The highest BCUT2D eigenvalue weighted by Gasteiger charge is 2.15. The van der Waals surface area contributed by atoms with Crippen molar-refractivity contribution < 1.29 is 9.90 Å². The van der Waals surface area contributed by atoms with Crippen molar-refractivity contribution in [1.82, 2.24) is 9.55 Å². The van der Waals surface area contributed by atoms with Gasteiger partial charge in [-0.3, -0.25) is 4.79 Å². The van der Waals surface area contributed by atoms with Gasteiger partial charge in [-0.15, -0.1) is 0 Å². The molecule has 0 atom stereocenters. The van der Waals surface area contributed by atoms with Crippen LogP contribution < -0.4 is 4.90 Å². The Kier molecular flexibility index (Phi) is 4.71. The van der Waals surface area contributed by atoms with E-state index in [1.807, 2.05) is 18.3 Å². The van der Waals surface area contributed by atoms with Crippen LogP contribution in [0.2, 0.25) is 0 Å². The van der Waals surface area contributed by atoms with E-state index < -0.39 is 6.61 Å². The zero-order chi connectivity index (χ0) is 17.9. The van der Waals surface area contributed by atoms with Crippen LogP contribution in [-0.4, -0.2) is 40.1 Å². The molecule has 2 aromatic heterocycles. The molecule has 1 aromatic carbocycles. The number of carbonyl (C=O) groups is 1. The Hall–Kier alpha value is -2.66. The average molecular weight is 349 g/mol. The molecule has 4 rings (SSSR count). The topological polar surface area (TPSA) is 58.4 Å². The van der Waals surface area contributed by atoms with Gasteiger partial charge in [-0.1, -0.05) is 24.3 Å². The zero-order valence-corrected chi connectivity index (χ0v) is 14.8. The molecular formula is C21H23N3O2. The fourth-order valence-electron chi connectivity index (χ4n) is 3.70. The number of nitrogens with zero attached hydrogens (tertiary/aromatic N) is 3. The number of pyridine rings is 1. The Morgan fingerprint density at radius 3 is 2.54 bits per heavy atom. The van der Waals surface area contributed by atoms with Crippen molar-refractivity contribution in [3.05, 3.63) is 59.9 Å². The minimum Gasteiger partial charge on any atom is -0.388 e. The normalized spacial score (nSPS) is 14.7. The molecule has 3 heterocycles. The third-order valence-corrected chi connectivity index (χ3v) is 5.11. The Labute approximate surface area is 152 Å². The summed E-state index contributed by atoms with van der Waals surface area (Å²) < 4.78 is 2.14. The molecule has 5 nitrogen and oxygen atoms in total. The SMILES string of the molecule is O=C(CO)c1ccc(Cn2ccc3c(N4CCCCC4)ccnc32)cc1. The molecule has 134 valence electrons. The first kappa shape index (κ1) is 16.8. The maximum Gasteiger partial charge on any atom is 0.188 e. The molecule has 0 spiro atoms. The van der Waals surface area contributed by atoms with Crippen molar-refractivity contribution in [2.24, 2.45) is 0 Å². The van der Waals surface area contributed by atoms with E-state index in [-0.39, 0.29) is 5.78 Å². The number of aromatic nitrogens is 2. The molecule has 0 unspecified atom stereocenters. The summed E-state index contributed by atoms with van der Waals surface area (Å²) in [5.74, 6) is -0.254. The summed E-state index contributed by atoms with van der Waals surface area (Å²) in [4.78, 5) is 18.6. The molecule has 1 aliphatic rings. The van der Waals surface area contributed by atoms with Gasteiger partial charge in [-0.05, 0) is 37.0 Å². The molecule has 0 radical (unpaired) electrons. The first-order valence-electron chi connectivity index (χ1n) is 9.18. The number of Topliss-reactive ketones (excluding diaryl/α,β-unsaturated/α-hetero) is 1. The summed E-state index contributed by atoms with van der Waals surface area (Å²) in [7, 11) is 0. The van der Waals surface area contributed by atoms with Gasteiger partial charge in [-0.2, -0.15) is 0 Å². The lowest BCUT2D eigenvalue weighted by molar-refractivity contribution is 0.0903. The van der Waals surface area contributed by atoms with Gasteiger partial charge < -0.3 is 14.6 Å². The van der Waals surface area contributed by atoms with E-state index in [1.54, 1.807) is 12.1 Å². The van der Waals surface area contributed by atoms with Crippen molar-refractivity contribution >= 4 is 22.5 Å². The van der Waals surface area contributed by atoms with Gasteiger partial charge in [0.2, 0.25) is 0 Å². The molecule has 0 amide bonds. The Morgan fingerprint density at radius 1 is 1.04 bits per heavy atom. The molecular weight excluding hydrogens is 326 g/mol. The highest BCUT2D eigenvalue weighted by molar-refractivity contribution is 5.96. The lowest BCUT2D eigenvalue weighted by Crippen LogP contribution is -2.29. The second-order valence-electron chi connectivity index (χ2n) is 6.84. The summed E-state index contributed by atoms with van der Waals surface area (Å²) >= 11 is 0. The van der Waals surface area contributed by atoms with Crippen LogP contribution in [0.5, 0.6) is 0 Å². The number of anilines is 1. The monoisotopic (exact) mass is 349 g/mol. The smallest absolute Gasteiger partial charge is 0.188 e. The van der Waals surface area contributed by atoms with Crippen LogP contribution >= 0.6 is 0 Å². The maximum atomic E-state index is 11.5. The van der Waals surface area contributed by atoms with Crippen molar-refractivity contribution in [3.63, 3.8) is 0 Å². The number of aliphatic hydroxyl groups excluding tert-OH is 1. The third-order valence-electron chi connectivity index (χ3n) is 5.11. The molecule has 0 saturated carbocycles. The Bertz CT molecular complexity index is 909. The highest BCUT2D eigenvalue weighted by Crippen LogP contribution is 2.28. The predicted molar refractivity (Wildman–Crippen MR) is 103 cm³/mol. The number of rotatable bonds is 5. The van der Waals surface area contributed by atoms with Gasteiger partial charge in [0.25, 0.3) is 0 Å². The molecule has 1 saturated heterocycles. The summed E-state index contributed by atoms with van der Waals surface area (Å²) in [6.45, 7) is 2.48. The van der Waals surface area contributed by atoms with Crippen LogP contribution in [-0.2, 0) is 6.54 Å². The Morgan fingerprint density at radius 2 is 1.81 bits per heavy atom. The number of fused-ring (bicyclic) bond motifs is 1. The van der Waals surface area contributed by atoms with E-state index >= 15 is 0 Å². The average Bonchev–Trinajstić information content (AvgIpc) is 3.11. The molecule has 0 aliphatic carbocycles. The number of benzene rings is 1. The lowest BCUT2D eigenvalue weighted by atomic mass is 10.1. The van der Waals surface area contributed by atoms with E-state index in [0.29, 0.717) is 12.1 Å². The van der Waals surface area contributed by atoms with Gasteiger partial charge in [0.15, 0.2) is 5.78 Å². The van der Waals surface area contributed by atoms with Crippen molar-refractivity contribution in [2.75, 3.05) is 24.6 Å². The molecule has 1 aliphatic heterocycles. The lowest BCUT2D eigenvalue weighted by Gasteiger charge is -2.29. The van der Waals surface area contributed by atoms with Crippen LogP contribution in [0.1, 0.15) is 35.2 Å². The van der Waals surface area contributed by atoms with Crippen LogP contribution in [0.4, 0.5) is 5.69 Å². The van der Waals surface area contributed by atoms with Crippen LogP contribution in [0.25, 0.3) is 11.0 Å². The van der Waals surface area contributed by atoms with Crippen molar-refractivity contribution in [3.8, 4) is 0 Å². The van der Waals surface area contributed by atoms with Gasteiger partial charge in [0, 0.05) is 48.7 Å². The molecule has 26 heavy (non-hydrogen) atoms. The minimum atomic E-state index is -0.454. The van der Waals surface area contributed by atoms with Crippen LogP contribution in [0.3, 0.4) is 0 Å². The fourth-order valence-corrected chi connectivity index (χ4v) is 3.70. The first-order chi connectivity index (χ1) is 12.8. The summed E-state index contributed by atoms with van der Waals surface area (Å²) in [6, 6.07) is 11.7.